The Morgan fingerprint density at radius 2 is 1.61 bits per heavy atom. The lowest BCUT2D eigenvalue weighted by Crippen LogP contribution is -2.52. The summed E-state index contributed by atoms with van der Waals surface area (Å²) in [4.78, 5) is 28.5. The van der Waals surface area contributed by atoms with Gasteiger partial charge in [-0.25, -0.2) is 12.8 Å². The van der Waals surface area contributed by atoms with Gasteiger partial charge in [-0.3, -0.25) is 13.9 Å². The van der Waals surface area contributed by atoms with Gasteiger partial charge in [0.2, 0.25) is 11.8 Å². The number of anilines is 1. The van der Waals surface area contributed by atoms with Crippen molar-refractivity contribution in [2.75, 3.05) is 24.0 Å². The van der Waals surface area contributed by atoms with E-state index in [0.717, 1.165) is 46.1 Å². The SMILES string of the molecule is CCCNC(=O)C(CC)N(Cc1ccccc1C)C(=O)CN(c1ccc(OCC)cc1)S(=O)(=O)c1ccc(F)cc1. The molecule has 10 heteroatoms. The van der Waals surface area contributed by atoms with E-state index in [1.165, 1.54) is 4.90 Å². The first-order chi connectivity index (χ1) is 19.6. The molecule has 41 heavy (non-hydrogen) atoms. The number of hydrogen-bond acceptors (Lipinski definition) is 5. The van der Waals surface area contributed by atoms with Crippen LogP contribution in [0.5, 0.6) is 5.75 Å². The molecule has 0 aliphatic heterocycles. The van der Waals surface area contributed by atoms with Crippen LogP contribution in [0.3, 0.4) is 0 Å². The summed E-state index contributed by atoms with van der Waals surface area (Å²) in [6.45, 7) is 7.94. The fourth-order valence-electron chi connectivity index (χ4n) is 4.39. The Hall–Kier alpha value is -3.92. The van der Waals surface area contributed by atoms with Crippen molar-refractivity contribution in [1.29, 1.82) is 0 Å². The number of nitrogens with zero attached hydrogens (tertiary/aromatic N) is 2. The van der Waals surface area contributed by atoms with Gasteiger partial charge >= 0.3 is 0 Å². The van der Waals surface area contributed by atoms with E-state index >= 15 is 0 Å². The van der Waals surface area contributed by atoms with E-state index in [9.17, 15) is 22.4 Å². The highest BCUT2D eigenvalue weighted by Gasteiger charge is 2.33. The van der Waals surface area contributed by atoms with Crippen LogP contribution in [0.15, 0.2) is 77.7 Å². The number of amides is 2. The van der Waals surface area contributed by atoms with E-state index in [-0.39, 0.29) is 23.0 Å². The average Bonchev–Trinajstić information content (AvgIpc) is 2.96. The third-order valence-corrected chi connectivity index (χ3v) is 8.44. The molecule has 0 spiro atoms. The highest BCUT2D eigenvalue weighted by Crippen LogP contribution is 2.27. The maximum absolute atomic E-state index is 14.1. The van der Waals surface area contributed by atoms with Gasteiger partial charge in [-0.2, -0.15) is 0 Å². The lowest BCUT2D eigenvalue weighted by molar-refractivity contribution is -0.140. The highest BCUT2D eigenvalue weighted by atomic mass is 32.2. The van der Waals surface area contributed by atoms with Crippen LogP contribution in [0.25, 0.3) is 0 Å². The van der Waals surface area contributed by atoms with Crippen LogP contribution in [-0.2, 0) is 26.2 Å². The molecule has 0 aromatic heterocycles. The minimum atomic E-state index is -4.29. The summed E-state index contributed by atoms with van der Waals surface area (Å²) in [6, 6.07) is 17.5. The molecule has 0 bridgehead atoms. The molecule has 0 saturated carbocycles. The predicted octanol–water partition coefficient (Wildman–Crippen LogP) is 5.06. The van der Waals surface area contributed by atoms with Crippen molar-refractivity contribution in [1.82, 2.24) is 10.2 Å². The van der Waals surface area contributed by atoms with Gasteiger partial charge in [0.1, 0.15) is 24.2 Å². The van der Waals surface area contributed by atoms with E-state index in [4.69, 9.17) is 4.74 Å². The number of hydrogen-bond donors (Lipinski definition) is 1. The van der Waals surface area contributed by atoms with Crippen molar-refractivity contribution in [2.24, 2.45) is 0 Å². The van der Waals surface area contributed by atoms with E-state index in [1.807, 2.05) is 52.0 Å². The molecule has 3 aromatic carbocycles. The van der Waals surface area contributed by atoms with Crippen LogP contribution < -0.4 is 14.4 Å². The van der Waals surface area contributed by atoms with Gasteiger partial charge in [0.25, 0.3) is 10.0 Å². The summed E-state index contributed by atoms with van der Waals surface area (Å²) in [5.41, 5.74) is 2.01. The van der Waals surface area contributed by atoms with Crippen LogP contribution in [0.4, 0.5) is 10.1 Å². The van der Waals surface area contributed by atoms with Crippen LogP contribution in [0.1, 0.15) is 44.7 Å². The van der Waals surface area contributed by atoms with Gasteiger partial charge < -0.3 is 15.0 Å². The molecule has 1 atom stereocenters. The minimum absolute atomic E-state index is 0.122. The summed E-state index contributed by atoms with van der Waals surface area (Å²) in [7, 11) is -4.29. The van der Waals surface area contributed by atoms with Crippen LogP contribution in [0.2, 0.25) is 0 Å². The summed E-state index contributed by atoms with van der Waals surface area (Å²) < 4.78 is 47.8. The highest BCUT2D eigenvalue weighted by molar-refractivity contribution is 7.92. The fourth-order valence-corrected chi connectivity index (χ4v) is 5.81. The molecule has 0 saturated heterocycles. The zero-order valence-corrected chi connectivity index (χ0v) is 24.8. The lowest BCUT2D eigenvalue weighted by atomic mass is 10.1. The molecule has 0 aliphatic carbocycles. The fraction of sp³-hybridized carbons (Fsp3) is 0.355. The van der Waals surface area contributed by atoms with Crippen molar-refractivity contribution in [3.63, 3.8) is 0 Å². The number of nitrogens with one attached hydrogen (secondary N) is 1. The molecule has 3 rings (SSSR count). The number of halogens is 1. The molecular weight excluding hydrogens is 545 g/mol. The predicted molar refractivity (Wildman–Crippen MR) is 158 cm³/mol. The van der Waals surface area contributed by atoms with Crippen molar-refractivity contribution >= 4 is 27.5 Å². The Kier molecular flexibility index (Phi) is 11.3. The van der Waals surface area contributed by atoms with Gasteiger partial charge in [-0.1, -0.05) is 38.1 Å². The number of benzene rings is 3. The third kappa shape index (κ3) is 8.07. The first-order valence-corrected chi connectivity index (χ1v) is 15.2. The van der Waals surface area contributed by atoms with Crippen molar-refractivity contribution in [2.45, 2.75) is 58.0 Å². The molecule has 0 fully saturated rings. The first kappa shape index (κ1) is 31.6. The maximum Gasteiger partial charge on any atom is 0.264 e. The van der Waals surface area contributed by atoms with Crippen LogP contribution >= 0.6 is 0 Å². The van der Waals surface area contributed by atoms with Crippen molar-refractivity contribution in [3.05, 3.63) is 89.7 Å². The molecule has 0 aliphatic rings. The van der Waals surface area contributed by atoms with Crippen molar-refractivity contribution in [3.8, 4) is 5.75 Å². The first-order valence-electron chi connectivity index (χ1n) is 13.7. The molecular formula is C31H38FN3O5S. The number of aryl methyl sites for hydroxylation is 1. The van der Waals surface area contributed by atoms with Crippen LogP contribution in [0, 0.1) is 12.7 Å². The second-order valence-corrected chi connectivity index (χ2v) is 11.4. The number of carbonyl (C=O) groups is 2. The molecule has 0 heterocycles. The second-order valence-electron chi connectivity index (χ2n) is 9.56. The molecule has 1 N–H and O–H groups in total. The summed E-state index contributed by atoms with van der Waals surface area (Å²) >= 11 is 0. The van der Waals surface area contributed by atoms with Gasteiger partial charge in [0.05, 0.1) is 17.2 Å². The molecule has 220 valence electrons. The quantitative estimate of drug-likeness (QED) is 0.286. The Morgan fingerprint density at radius 1 is 0.951 bits per heavy atom. The van der Waals surface area contributed by atoms with Gasteiger partial charge in [-0.15, -0.1) is 0 Å². The average molecular weight is 584 g/mol. The van der Waals surface area contributed by atoms with E-state index in [1.54, 1.807) is 24.3 Å². The van der Waals surface area contributed by atoms with Gasteiger partial charge in [0, 0.05) is 13.1 Å². The summed E-state index contributed by atoms with van der Waals surface area (Å²) in [5.74, 6) is -0.890. The zero-order chi connectivity index (χ0) is 30.0. The third-order valence-electron chi connectivity index (χ3n) is 6.65. The standard InChI is InChI=1S/C31H38FN3O5S/c1-5-20-33-31(37)29(6-2)34(21-24-11-9-8-10-23(24)4)30(36)22-35(26-14-16-27(17-15-26)40-7-3)41(38,39)28-18-12-25(32)13-19-28/h8-19,29H,5-7,20-22H2,1-4H3,(H,33,37). The second kappa shape index (κ2) is 14.6. The number of ether oxygens (including phenoxy) is 1. The van der Waals surface area contributed by atoms with Gasteiger partial charge in [-0.05, 0) is 86.3 Å². The maximum atomic E-state index is 14.1. The van der Waals surface area contributed by atoms with E-state index in [0.29, 0.717) is 25.3 Å². The Labute approximate surface area is 242 Å². The zero-order valence-electron chi connectivity index (χ0n) is 24.0. The van der Waals surface area contributed by atoms with E-state index < -0.39 is 34.3 Å². The number of sulfonamides is 1. The largest absolute Gasteiger partial charge is 0.494 e. The Bertz CT molecular complexity index is 1410. The van der Waals surface area contributed by atoms with Crippen molar-refractivity contribution < 1.29 is 27.1 Å². The van der Waals surface area contributed by atoms with Gasteiger partial charge in [0.15, 0.2) is 0 Å². The minimum Gasteiger partial charge on any atom is -0.494 e. The number of rotatable bonds is 14. The summed E-state index contributed by atoms with van der Waals surface area (Å²) in [6.07, 6.45) is 1.07. The topological polar surface area (TPSA) is 96.0 Å². The lowest BCUT2D eigenvalue weighted by Gasteiger charge is -2.33. The normalized spacial score (nSPS) is 11.9. The Balaban J connectivity index is 2.06. The molecule has 3 aromatic rings. The van der Waals surface area contributed by atoms with E-state index in [2.05, 4.69) is 5.32 Å². The molecule has 0 radical (unpaired) electrons. The molecule has 8 nitrogen and oxygen atoms in total. The summed E-state index contributed by atoms with van der Waals surface area (Å²) in [5, 5.41) is 2.87. The monoisotopic (exact) mass is 583 g/mol. The Morgan fingerprint density at radius 3 is 2.20 bits per heavy atom. The smallest absolute Gasteiger partial charge is 0.264 e. The molecule has 2 amide bonds. The van der Waals surface area contributed by atoms with Crippen LogP contribution in [-0.4, -0.2) is 50.9 Å². The molecule has 1 unspecified atom stereocenters. The number of carbonyl (C=O) groups excluding carboxylic acids is 2.